The van der Waals surface area contributed by atoms with Gasteiger partial charge < -0.3 is 4.90 Å². The van der Waals surface area contributed by atoms with Crippen LogP contribution in [0.2, 0.25) is 0 Å². The molecule has 0 fully saturated rings. The van der Waals surface area contributed by atoms with E-state index in [9.17, 15) is 0 Å². The van der Waals surface area contributed by atoms with E-state index in [2.05, 4.69) is 39.6 Å². The fourth-order valence-corrected chi connectivity index (χ4v) is 1.50. The molecular formula is C11H25N. The van der Waals surface area contributed by atoms with Gasteiger partial charge in [-0.1, -0.05) is 26.7 Å². The average molecular weight is 171 g/mol. The molecule has 0 bridgehead atoms. The van der Waals surface area contributed by atoms with Crippen LogP contribution in [0.15, 0.2) is 0 Å². The monoisotopic (exact) mass is 171 g/mol. The first-order valence-electron chi connectivity index (χ1n) is 5.25. The molecule has 1 nitrogen and oxygen atoms in total. The molecule has 0 heterocycles. The SMILES string of the molecule is CCCCN(C)C(C)(C)CCC. The summed E-state index contributed by atoms with van der Waals surface area (Å²) in [5, 5.41) is 0. The Labute approximate surface area is 78.1 Å². The van der Waals surface area contributed by atoms with Crippen molar-refractivity contribution in [1.82, 2.24) is 4.90 Å². The molecule has 0 aromatic heterocycles. The van der Waals surface area contributed by atoms with Crippen LogP contribution in [-0.4, -0.2) is 24.0 Å². The molecule has 74 valence electrons. The summed E-state index contributed by atoms with van der Waals surface area (Å²) in [5.41, 5.74) is 0.393. The normalized spacial score (nSPS) is 12.5. The molecule has 0 saturated carbocycles. The summed E-state index contributed by atoms with van der Waals surface area (Å²) in [6.07, 6.45) is 5.20. The molecule has 0 aliphatic heterocycles. The third-order valence-corrected chi connectivity index (χ3v) is 2.74. The fraction of sp³-hybridized carbons (Fsp3) is 1.00. The van der Waals surface area contributed by atoms with Crippen LogP contribution in [0, 0.1) is 0 Å². The van der Waals surface area contributed by atoms with E-state index < -0.39 is 0 Å². The molecular weight excluding hydrogens is 146 g/mol. The summed E-state index contributed by atoms with van der Waals surface area (Å²) >= 11 is 0. The number of rotatable bonds is 6. The molecule has 0 aliphatic rings. The van der Waals surface area contributed by atoms with Crippen LogP contribution in [0.1, 0.15) is 53.4 Å². The molecule has 0 atom stereocenters. The molecule has 0 radical (unpaired) electrons. The highest BCUT2D eigenvalue weighted by Gasteiger charge is 2.21. The van der Waals surface area contributed by atoms with Gasteiger partial charge in [0, 0.05) is 5.54 Å². The van der Waals surface area contributed by atoms with Gasteiger partial charge in [-0.25, -0.2) is 0 Å². The van der Waals surface area contributed by atoms with Gasteiger partial charge in [-0.05, 0) is 40.3 Å². The van der Waals surface area contributed by atoms with Gasteiger partial charge in [-0.15, -0.1) is 0 Å². The van der Waals surface area contributed by atoms with Gasteiger partial charge in [-0.3, -0.25) is 0 Å². The van der Waals surface area contributed by atoms with Crippen molar-refractivity contribution in [3.8, 4) is 0 Å². The average Bonchev–Trinajstić information content (AvgIpc) is 2.00. The molecule has 0 amide bonds. The summed E-state index contributed by atoms with van der Waals surface area (Å²) < 4.78 is 0. The Balaban J connectivity index is 3.79. The second-order valence-electron chi connectivity index (χ2n) is 4.34. The van der Waals surface area contributed by atoms with Gasteiger partial charge in [0.25, 0.3) is 0 Å². The van der Waals surface area contributed by atoms with Crippen molar-refractivity contribution in [2.24, 2.45) is 0 Å². The standard InChI is InChI=1S/C11H25N/c1-6-8-10-12(5)11(3,4)9-7-2/h6-10H2,1-5H3. The van der Waals surface area contributed by atoms with Crippen molar-refractivity contribution >= 4 is 0 Å². The quantitative estimate of drug-likeness (QED) is 0.592. The lowest BCUT2D eigenvalue weighted by atomic mass is 9.97. The van der Waals surface area contributed by atoms with Gasteiger partial charge >= 0.3 is 0 Å². The van der Waals surface area contributed by atoms with Crippen molar-refractivity contribution in [3.63, 3.8) is 0 Å². The zero-order valence-corrected chi connectivity index (χ0v) is 9.48. The van der Waals surface area contributed by atoms with Crippen LogP contribution in [-0.2, 0) is 0 Å². The maximum atomic E-state index is 2.49. The second-order valence-corrected chi connectivity index (χ2v) is 4.34. The largest absolute Gasteiger partial charge is 0.301 e. The summed E-state index contributed by atoms with van der Waals surface area (Å²) in [6.45, 7) is 10.4. The zero-order chi connectivity index (χ0) is 9.61. The number of unbranched alkanes of at least 4 members (excludes halogenated alkanes) is 1. The maximum absolute atomic E-state index is 2.49. The molecule has 0 rings (SSSR count). The zero-order valence-electron chi connectivity index (χ0n) is 9.48. The molecule has 0 N–H and O–H groups in total. The van der Waals surface area contributed by atoms with Crippen LogP contribution in [0.4, 0.5) is 0 Å². The van der Waals surface area contributed by atoms with E-state index in [0.29, 0.717) is 5.54 Å². The van der Waals surface area contributed by atoms with E-state index in [4.69, 9.17) is 0 Å². The lowest BCUT2D eigenvalue weighted by molar-refractivity contribution is 0.142. The van der Waals surface area contributed by atoms with Gasteiger partial charge in [0.1, 0.15) is 0 Å². The Bertz CT molecular complexity index is 108. The summed E-state index contributed by atoms with van der Waals surface area (Å²) in [4.78, 5) is 2.49. The van der Waals surface area contributed by atoms with E-state index in [-0.39, 0.29) is 0 Å². The van der Waals surface area contributed by atoms with Gasteiger partial charge in [0.15, 0.2) is 0 Å². The third-order valence-electron chi connectivity index (χ3n) is 2.74. The van der Waals surface area contributed by atoms with E-state index in [1.807, 2.05) is 0 Å². The van der Waals surface area contributed by atoms with Crippen molar-refractivity contribution < 1.29 is 0 Å². The van der Waals surface area contributed by atoms with Crippen molar-refractivity contribution in [3.05, 3.63) is 0 Å². The second kappa shape index (κ2) is 5.58. The van der Waals surface area contributed by atoms with E-state index >= 15 is 0 Å². The predicted molar refractivity (Wildman–Crippen MR) is 56.5 cm³/mol. The van der Waals surface area contributed by atoms with Crippen LogP contribution in [0.5, 0.6) is 0 Å². The highest BCUT2D eigenvalue weighted by atomic mass is 15.2. The van der Waals surface area contributed by atoms with Gasteiger partial charge in [-0.2, -0.15) is 0 Å². The third kappa shape index (κ3) is 4.10. The van der Waals surface area contributed by atoms with Crippen LogP contribution in [0.25, 0.3) is 0 Å². The highest BCUT2D eigenvalue weighted by Crippen LogP contribution is 2.18. The first kappa shape index (κ1) is 12.0. The van der Waals surface area contributed by atoms with Crippen molar-refractivity contribution in [2.75, 3.05) is 13.6 Å². The minimum absolute atomic E-state index is 0.393. The predicted octanol–water partition coefficient (Wildman–Crippen LogP) is 3.30. The number of nitrogens with zero attached hydrogens (tertiary/aromatic N) is 1. The Morgan fingerprint density at radius 1 is 1.08 bits per heavy atom. The van der Waals surface area contributed by atoms with Crippen molar-refractivity contribution in [2.45, 2.75) is 58.9 Å². The van der Waals surface area contributed by atoms with E-state index in [1.54, 1.807) is 0 Å². The highest BCUT2D eigenvalue weighted by molar-refractivity contribution is 4.78. The fourth-order valence-electron chi connectivity index (χ4n) is 1.50. The van der Waals surface area contributed by atoms with Crippen molar-refractivity contribution in [1.29, 1.82) is 0 Å². The lowest BCUT2D eigenvalue weighted by Gasteiger charge is -2.35. The minimum Gasteiger partial charge on any atom is -0.301 e. The molecule has 0 aliphatic carbocycles. The molecule has 0 aromatic rings. The summed E-state index contributed by atoms with van der Waals surface area (Å²) in [5.74, 6) is 0. The molecule has 12 heavy (non-hydrogen) atoms. The minimum atomic E-state index is 0.393. The smallest absolute Gasteiger partial charge is 0.0150 e. The van der Waals surface area contributed by atoms with E-state index in [1.165, 1.54) is 32.2 Å². The van der Waals surface area contributed by atoms with Gasteiger partial charge in [0.2, 0.25) is 0 Å². The Morgan fingerprint density at radius 3 is 2.08 bits per heavy atom. The number of hydrogen-bond donors (Lipinski definition) is 0. The van der Waals surface area contributed by atoms with Crippen LogP contribution >= 0.6 is 0 Å². The maximum Gasteiger partial charge on any atom is 0.0150 e. The Hall–Kier alpha value is -0.0400. The Morgan fingerprint density at radius 2 is 1.67 bits per heavy atom. The first-order valence-corrected chi connectivity index (χ1v) is 5.25. The molecule has 1 heteroatoms. The molecule has 0 aromatic carbocycles. The molecule has 0 unspecified atom stereocenters. The van der Waals surface area contributed by atoms with E-state index in [0.717, 1.165) is 0 Å². The summed E-state index contributed by atoms with van der Waals surface area (Å²) in [6, 6.07) is 0. The lowest BCUT2D eigenvalue weighted by Crippen LogP contribution is -2.41. The topological polar surface area (TPSA) is 3.24 Å². The van der Waals surface area contributed by atoms with Crippen LogP contribution < -0.4 is 0 Å². The van der Waals surface area contributed by atoms with Gasteiger partial charge in [0.05, 0.1) is 0 Å². The number of hydrogen-bond acceptors (Lipinski definition) is 1. The summed E-state index contributed by atoms with van der Waals surface area (Å²) in [7, 11) is 2.24. The molecule has 0 spiro atoms. The molecule has 0 saturated heterocycles. The van der Waals surface area contributed by atoms with Crippen LogP contribution in [0.3, 0.4) is 0 Å². The Kier molecular flexibility index (Phi) is 5.56. The first-order chi connectivity index (χ1) is 5.54.